The van der Waals surface area contributed by atoms with Crippen molar-refractivity contribution in [2.75, 3.05) is 28.4 Å². The van der Waals surface area contributed by atoms with E-state index < -0.39 is 22.2 Å². The van der Waals surface area contributed by atoms with Gasteiger partial charge in [-0.05, 0) is 79.7 Å². The van der Waals surface area contributed by atoms with Gasteiger partial charge in [-0.3, -0.25) is 9.48 Å². The van der Waals surface area contributed by atoms with E-state index in [2.05, 4.69) is 0 Å². The molecule has 12 nitrogen and oxygen atoms in total. The van der Waals surface area contributed by atoms with Crippen LogP contribution in [0.5, 0.6) is 23.0 Å². The van der Waals surface area contributed by atoms with Crippen molar-refractivity contribution in [1.29, 1.82) is 0 Å². The molecule has 244 valence electrons. The van der Waals surface area contributed by atoms with E-state index in [1.807, 2.05) is 0 Å². The summed E-state index contributed by atoms with van der Waals surface area (Å²) in [7, 11) is 6.02. The van der Waals surface area contributed by atoms with Gasteiger partial charge in [0, 0.05) is 42.7 Å². The second-order valence-electron chi connectivity index (χ2n) is 14.1. The zero-order chi connectivity index (χ0) is 34.0. The minimum atomic E-state index is -1.03. The number of nitrogens with zero attached hydrogens (tertiary/aromatic N) is 4. The Morgan fingerprint density at radius 2 is 0.761 bits per heavy atom. The van der Waals surface area contributed by atoms with Crippen LogP contribution in [0, 0.1) is 10.4 Å². The summed E-state index contributed by atoms with van der Waals surface area (Å²) in [6.45, 7) is 13.9. The maximum Gasteiger partial charge on any atom is 0.316 e. The molecular formula is C34H40N4O8. The van der Waals surface area contributed by atoms with Gasteiger partial charge in [0.15, 0.2) is 34.1 Å². The maximum atomic E-state index is 13.7. The van der Waals surface area contributed by atoms with Crippen molar-refractivity contribution in [3.63, 3.8) is 0 Å². The SMILES string of the molecule is COc1c(OC)c2cc(C3=[N+]([O-])C(C)(C)C(C)(C)N3[O])cc3c(OC)c(OC)c4cc(C5=[N+]([O-])C(C)(C)C(C)(C)N5[O])cc1c4c23. The van der Waals surface area contributed by atoms with Crippen LogP contribution in [-0.4, -0.2) is 81.9 Å². The van der Waals surface area contributed by atoms with Crippen LogP contribution in [0.2, 0.25) is 0 Å². The summed E-state index contributed by atoms with van der Waals surface area (Å²) < 4.78 is 25.4. The molecule has 0 N–H and O–H groups in total. The smallest absolute Gasteiger partial charge is 0.316 e. The first kappa shape index (κ1) is 31.6. The van der Waals surface area contributed by atoms with Crippen LogP contribution in [-0.2, 0) is 10.4 Å². The van der Waals surface area contributed by atoms with E-state index >= 15 is 0 Å². The molecule has 0 fully saturated rings. The van der Waals surface area contributed by atoms with Crippen molar-refractivity contribution in [2.24, 2.45) is 0 Å². The number of ether oxygens (including phenoxy) is 4. The summed E-state index contributed by atoms with van der Waals surface area (Å²) in [6, 6.07) is 7.00. The predicted molar refractivity (Wildman–Crippen MR) is 173 cm³/mol. The van der Waals surface area contributed by atoms with Gasteiger partial charge in [-0.25, -0.2) is 0 Å². The van der Waals surface area contributed by atoms with Crippen molar-refractivity contribution >= 4 is 44.0 Å². The molecule has 0 aromatic heterocycles. The zero-order valence-electron chi connectivity index (χ0n) is 28.4. The Kier molecular flexibility index (Phi) is 6.55. The summed E-state index contributed by atoms with van der Waals surface area (Å²) in [6.07, 6.45) is 0. The largest absolute Gasteiger partial charge is 0.714 e. The number of hydroxylamine groups is 6. The van der Waals surface area contributed by atoms with Gasteiger partial charge < -0.3 is 29.4 Å². The number of hydrogen-bond acceptors (Lipinski definition) is 8. The summed E-state index contributed by atoms with van der Waals surface area (Å²) in [4.78, 5) is 0. The van der Waals surface area contributed by atoms with E-state index in [4.69, 9.17) is 18.9 Å². The third-order valence-corrected chi connectivity index (χ3v) is 11.0. The Morgan fingerprint density at radius 1 is 0.522 bits per heavy atom. The fraction of sp³-hybridized carbons (Fsp3) is 0.471. The minimum absolute atomic E-state index is 0.0428. The highest BCUT2D eigenvalue weighted by Gasteiger charge is 2.61. The Morgan fingerprint density at radius 3 is 0.935 bits per heavy atom. The van der Waals surface area contributed by atoms with Gasteiger partial charge in [-0.2, -0.15) is 0 Å². The van der Waals surface area contributed by atoms with Crippen molar-refractivity contribution in [2.45, 2.75) is 77.5 Å². The van der Waals surface area contributed by atoms with Gasteiger partial charge in [0.2, 0.25) is 0 Å². The van der Waals surface area contributed by atoms with Crippen molar-refractivity contribution in [3.8, 4) is 23.0 Å². The van der Waals surface area contributed by atoms with E-state index in [-0.39, 0.29) is 11.7 Å². The van der Waals surface area contributed by atoms with E-state index in [0.29, 0.717) is 66.4 Å². The van der Waals surface area contributed by atoms with Crippen molar-refractivity contribution < 1.29 is 38.8 Å². The molecule has 0 saturated heterocycles. The van der Waals surface area contributed by atoms with E-state index in [1.54, 1.807) is 79.7 Å². The first-order valence-corrected chi connectivity index (χ1v) is 15.0. The molecule has 2 aliphatic rings. The lowest BCUT2D eigenvalue weighted by Gasteiger charge is -2.32. The Bertz CT molecular complexity index is 1780. The molecule has 0 saturated carbocycles. The second-order valence-corrected chi connectivity index (χ2v) is 14.1. The zero-order valence-corrected chi connectivity index (χ0v) is 28.4. The average molecular weight is 633 g/mol. The molecule has 0 bridgehead atoms. The van der Waals surface area contributed by atoms with Crippen LogP contribution >= 0.6 is 0 Å². The number of amidine groups is 2. The topological polar surface area (TPSA) is 135 Å². The molecule has 2 heterocycles. The highest BCUT2D eigenvalue weighted by atomic mass is 16.5. The summed E-state index contributed by atoms with van der Waals surface area (Å²) >= 11 is 0. The van der Waals surface area contributed by atoms with Crippen LogP contribution < -0.4 is 18.9 Å². The number of rotatable bonds is 6. The van der Waals surface area contributed by atoms with Crippen molar-refractivity contribution in [3.05, 3.63) is 45.8 Å². The molecule has 6 rings (SSSR count). The fourth-order valence-corrected chi connectivity index (χ4v) is 6.78. The highest BCUT2D eigenvalue weighted by Crippen LogP contribution is 2.54. The third-order valence-electron chi connectivity index (χ3n) is 11.0. The normalized spacial score (nSPS) is 20.1. The first-order chi connectivity index (χ1) is 21.4. The van der Waals surface area contributed by atoms with Crippen LogP contribution in [0.3, 0.4) is 0 Å². The van der Waals surface area contributed by atoms with Crippen LogP contribution in [0.25, 0.3) is 32.3 Å². The van der Waals surface area contributed by atoms with Gasteiger partial charge in [0.05, 0.1) is 39.6 Å². The monoisotopic (exact) mass is 632 g/mol. The van der Waals surface area contributed by atoms with Crippen molar-refractivity contribution in [1.82, 2.24) is 10.1 Å². The van der Waals surface area contributed by atoms with Crippen LogP contribution in [0.1, 0.15) is 66.5 Å². The maximum absolute atomic E-state index is 13.7. The number of benzene rings is 4. The molecule has 46 heavy (non-hydrogen) atoms. The molecule has 0 atom stereocenters. The standard InChI is InChI=1S/C34H40N4O8/c1-31(2)32(3,4)36(40)29(35(31)39)17-13-19-23-20(14-17)26(44-10)28(46-12)22-16-18(15-21(24(22)23)27(45-11)25(19)43-9)30-37(41)33(5,6)34(7,8)38(30)42/h13-16H,1-12H3. The Hall–Kier alpha value is -4.42. The average Bonchev–Trinajstić information content (AvgIpc) is 3.20. The number of hydrogen-bond donors (Lipinski definition) is 0. The Labute approximate surface area is 267 Å². The van der Waals surface area contributed by atoms with Gasteiger partial charge in [-0.15, -0.1) is 0 Å². The summed E-state index contributed by atoms with van der Waals surface area (Å²) in [5.41, 5.74) is -3.40. The first-order valence-electron chi connectivity index (χ1n) is 15.0. The second kappa shape index (κ2) is 9.55. The lowest BCUT2D eigenvalue weighted by molar-refractivity contribution is -0.539. The molecule has 0 aliphatic carbocycles. The number of methoxy groups -OCH3 is 4. The van der Waals surface area contributed by atoms with E-state index in [0.717, 1.165) is 19.6 Å². The fourth-order valence-electron chi connectivity index (χ4n) is 6.78. The molecule has 2 radical (unpaired) electrons. The van der Waals surface area contributed by atoms with Crippen LogP contribution in [0.4, 0.5) is 0 Å². The molecule has 4 aromatic rings. The van der Waals surface area contributed by atoms with E-state index in [1.165, 1.54) is 28.4 Å². The summed E-state index contributed by atoms with van der Waals surface area (Å²) in [5.74, 6) is 1.28. The van der Waals surface area contributed by atoms with Gasteiger partial charge >= 0.3 is 11.7 Å². The van der Waals surface area contributed by atoms with Crippen LogP contribution in [0.15, 0.2) is 24.3 Å². The molecule has 0 spiro atoms. The molecule has 0 amide bonds. The molecule has 2 aliphatic heterocycles. The molecule has 0 unspecified atom stereocenters. The van der Waals surface area contributed by atoms with E-state index in [9.17, 15) is 20.8 Å². The molecule has 4 aromatic carbocycles. The Balaban J connectivity index is 1.81. The van der Waals surface area contributed by atoms with Gasteiger partial charge in [0.1, 0.15) is 11.1 Å². The lowest BCUT2D eigenvalue weighted by atomic mass is 9.84. The van der Waals surface area contributed by atoms with Gasteiger partial charge in [-0.1, -0.05) is 10.1 Å². The minimum Gasteiger partial charge on any atom is -0.714 e. The molecular weight excluding hydrogens is 592 g/mol. The third kappa shape index (κ3) is 3.51. The molecule has 12 heteroatoms. The highest BCUT2D eigenvalue weighted by molar-refractivity contribution is 6.31. The van der Waals surface area contributed by atoms with Gasteiger partial charge in [0.25, 0.3) is 0 Å². The lowest BCUT2D eigenvalue weighted by Crippen LogP contribution is -2.53. The predicted octanol–water partition coefficient (Wildman–Crippen LogP) is 5.57. The summed E-state index contributed by atoms with van der Waals surface area (Å²) in [5, 5.41) is 60.1. The quantitative estimate of drug-likeness (QED) is 0.153.